The molecule has 0 saturated carbocycles. The molecular formula is C19H21N5O4. The van der Waals surface area contributed by atoms with Gasteiger partial charge in [-0.2, -0.15) is 10.1 Å². The number of ether oxygens (including phenoxy) is 4. The van der Waals surface area contributed by atoms with Crippen LogP contribution in [0.2, 0.25) is 0 Å². The number of anilines is 4. The number of rotatable bonds is 8. The van der Waals surface area contributed by atoms with Gasteiger partial charge in [0, 0.05) is 23.5 Å². The highest BCUT2D eigenvalue weighted by molar-refractivity contribution is 5.67. The van der Waals surface area contributed by atoms with E-state index in [0.29, 0.717) is 34.7 Å². The van der Waals surface area contributed by atoms with E-state index in [1.165, 1.54) is 6.20 Å². The van der Waals surface area contributed by atoms with Crippen molar-refractivity contribution in [3.63, 3.8) is 0 Å². The summed E-state index contributed by atoms with van der Waals surface area (Å²) in [6.07, 6.45) is 1.52. The molecule has 0 atom stereocenters. The van der Waals surface area contributed by atoms with E-state index in [1.54, 1.807) is 40.6 Å². The van der Waals surface area contributed by atoms with Gasteiger partial charge in [0.05, 0.1) is 34.6 Å². The molecule has 0 saturated heterocycles. The summed E-state index contributed by atoms with van der Waals surface area (Å²) < 4.78 is 21.2. The maximum Gasteiger partial charge on any atom is 0.249 e. The van der Waals surface area contributed by atoms with Crippen LogP contribution < -0.4 is 29.6 Å². The molecule has 0 radical (unpaired) electrons. The topological polar surface area (TPSA) is 99.7 Å². The molecule has 28 heavy (non-hydrogen) atoms. The van der Waals surface area contributed by atoms with Crippen LogP contribution in [0.5, 0.6) is 23.0 Å². The van der Waals surface area contributed by atoms with Crippen LogP contribution in [0.1, 0.15) is 0 Å². The molecule has 0 spiro atoms. The summed E-state index contributed by atoms with van der Waals surface area (Å²) in [7, 11) is 6.29. The molecule has 0 bridgehead atoms. The number of nitrogens with zero attached hydrogens (tertiary/aromatic N) is 3. The monoisotopic (exact) mass is 383 g/mol. The van der Waals surface area contributed by atoms with Gasteiger partial charge in [0.15, 0.2) is 17.3 Å². The van der Waals surface area contributed by atoms with Crippen molar-refractivity contribution in [3.8, 4) is 23.0 Å². The van der Waals surface area contributed by atoms with Gasteiger partial charge in [0.2, 0.25) is 11.7 Å². The second-order valence-electron chi connectivity index (χ2n) is 5.56. The van der Waals surface area contributed by atoms with E-state index in [2.05, 4.69) is 25.8 Å². The van der Waals surface area contributed by atoms with Crippen LogP contribution in [-0.4, -0.2) is 43.6 Å². The van der Waals surface area contributed by atoms with E-state index >= 15 is 0 Å². The van der Waals surface area contributed by atoms with Gasteiger partial charge in [-0.05, 0) is 24.3 Å². The van der Waals surface area contributed by atoms with Gasteiger partial charge in [0.1, 0.15) is 5.75 Å². The van der Waals surface area contributed by atoms with Crippen LogP contribution in [0, 0.1) is 0 Å². The normalized spacial score (nSPS) is 10.1. The highest BCUT2D eigenvalue weighted by Gasteiger charge is 2.14. The lowest BCUT2D eigenvalue weighted by atomic mass is 10.2. The fourth-order valence-electron chi connectivity index (χ4n) is 2.52. The van der Waals surface area contributed by atoms with E-state index in [-0.39, 0.29) is 0 Å². The smallest absolute Gasteiger partial charge is 0.249 e. The number of benzene rings is 2. The average Bonchev–Trinajstić information content (AvgIpc) is 2.73. The third-order valence-corrected chi connectivity index (χ3v) is 3.84. The quantitative estimate of drug-likeness (QED) is 0.606. The maximum absolute atomic E-state index is 5.36. The van der Waals surface area contributed by atoms with Gasteiger partial charge < -0.3 is 29.6 Å². The maximum atomic E-state index is 5.36. The van der Waals surface area contributed by atoms with Crippen molar-refractivity contribution >= 4 is 23.1 Å². The Bertz CT molecular complexity index is 909. The fraction of sp³-hybridized carbons (Fsp3) is 0.211. The van der Waals surface area contributed by atoms with Crippen LogP contribution in [-0.2, 0) is 0 Å². The minimum atomic E-state index is 0.350. The number of hydrogen-bond donors (Lipinski definition) is 2. The van der Waals surface area contributed by atoms with E-state index in [4.69, 9.17) is 18.9 Å². The lowest BCUT2D eigenvalue weighted by Gasteiger charge is -2.15. The van der Waals surface area contributed by atoms with Crippen molar-refractivity contribution in [2.75, 3.05) is 39.1 Å². The van der Waals surface area contributed by atoms with E-state index in [0.717, 1.165) is 11.4 Å². The minimum Gasteiger partial charge on any atom is -0.497 e. The first-order valence-electron chi connectivity index (χ1n) is 8.34. The first-order chi connectivity index (χ1) is 13.7. The largest absolute Gasteiger partial charge is 0.497 e. The van der Waals surface area contributed by atoms with Crippen molar-refractivity contribution in [3.05, 3.63) is 42.6 Å². The number of nitrogens with one attached hydrogen (secondary N) is 2. The van der Waals surface area contributed by atoms with Crippen molar-refractivity contribution in [2.24, 2.45) is 0 Å². The highest BCUT2D eigenvalue weighted by Crippen LogP contribution is 2.40. The second-order valence-corrected chi connectivity index (χ2v) is 5.56. The van der Waals surface area contributed by atoms with Gasteiger partial charge in [-0.15, -0.1) is 5.10 Å². The molecule has 0 aliphatic carbocycles. The molecule has 0 aliphatic rings. The summed E-state index contributed by atoms with van der Waals surface area (Å²) in [6.45, 7) is 0. The molecule has 1 aromatic heterocycles. The molecule has 2 aromatic carbocycles. The molecular weight excluding hydrogens is 362 g/mol. The van der Waals surface area contributed by atoms with Gasteiger partial charge in [-0.1, -0.05) is 0 Å². The molecule has 2 N–H and O–H groups in total. The van der Waals surface area contributed by atoms with Crippen LogP contribution >= 0.6 is 0 Å². The first-order valence-corrected chi connectivity index (χ1v) is 8.34. The van der Waals surface area contributed by atoms with Gasteiger partial charge in [-0.3, -0.25) is 0 Å². The Morgan fingerprint density at radius 3 is 2.00 bits per heavy atom. The first kappa shape index (κ1) is 19.0. The Labute approximate surface area is 162 Å². The lowest BCUT2D eigenvalue weighted by Crippen LogP contribution is -2.03. The Balaban J connectivity index is 1.80. The van der Waals surface area contributed by atoms with Crippen LogP contribution in [0.15, 0.2) is 42.6 Å². The van der Waals surface area contributed by atoms with Crippen LogP contribution in [0.3, 0.4) is 0 Å². The lowest BCUT2D eigenvalue weighted by molar-refractivity contribution is 0.324. The van der Waals surface area contributed by atoms with Crippen LogP contribution in [0.25, 0.3) is 0 Å². The number of methoxy groups -OCH3 is 4. The summed E-state index contributed by atoms with van der Waals surface area (Å²) >= 11 is 0. The third kappa shape index (κ3) is 4.32. The predicted molar refractivity (Wildman–Crippen MR) is 105 cm³/mol. The number of aromatic nitrogens is 3. The Kier molecular flexibility index (Phi) is 5.95. The van der Waals surface area contributed by atoms with Gasteiger partial charge in [0.25, 0.3) is 0 Å². The SMILES string of the molecule is COc1ccc(Nc2nncc(Nc3cc(OC)c(OC)c(OC)c3)n2)cc1. The highest BCUT2D eigenvalue weighted by atomic mass is 16.5. The summed E-state index contributed by atoms with van der Waals surface area (Å²) in [5, 5.41) is 14.2. The Hall–Kier alpha value is -3.75. The molecule has 0 fully saturated rings. The molecule has 1 heterocycles. The molecule has 146 valence electrons. The van der Waals surface area contributed by atoms with E-state index in [1.807, 2.05) is 24.3 Å². The molecule has 0 amide bonds. The predicted octanol–water partition coefficient (Wildman–Crippen LogP) is 3.39. The average molecular weight is 383 g/mol. The summed E-state index contributed by atoms with van der Waals surface area (Å²) in [5.41, 5.74) is 1.51. The summed E-state index contributed by atoms with van der Waals surface area (Å²) in [4.78, 5) is 4.42. The molecule has 3 aromatic rings. The Morgan fingerprint density at radius 1 is 0.750 bits per heavy atom. The van der Waals surface area contributed by atoms with Gasteiger partial charge >= 0.3 is 0 Å². The van der Waals surface area contributed by atoms with Crippen LogP contribution in [0.4, 0.5) is 23.1 Å². The number of hydrogen-bond acceptors (Lipinski definition) is 9. The van der Waals surface area contributed by atoms with E-state index in [9.17, 15) is 0 Å². The minimum absolute atomic E-state index is 0.350. The standard InChI is InChI=1S/C19H21N5O4/c1-25-14-7-5-12(6-8-14)22-19-23-17(11-20-24-19)21-13-9-15(26-2)18(28-4)16(10-13)27-3/h5-11H,1-4H3,(H2,21,22,23,24). The zero-order valence-electron chi connectivity index (χ0n) is 16.0. The molecule has 0 unspecified atom stereocenters. The summed E-state index contributed by atoms with van der Waals surface area (Å²) in [5.74, 6) is 3.19. The van der Waals surface area contributed by atoms with Crippen molar-refractivity contribution in [1.82, 2.24) is 15.2 Å². The molecule has 3 rings (SSSR count). The van der Waals surface area contributed by atoms with Crippen molar-refractivity contribution in [1.29, 1.82) is 0 Å². The fourth-order valence-corrected chi connectivity index (χ4v) is 2.52. The zero-order chi connectivity index (χ0) is 19.9. The van der Waals surface area contributed by atoms with Gasteiger partial charge in [-0.25, -0.2) is 0 Å². The zero-order valence-corrected chi connectivity index (χ0v) is 16.0. The van der Waals surface area contributed by atoms with E-state index < -0.39 is 0 Å². The summed E-state index contributed by atoms with van der Waals surface area (Å²) in [6, 6.07) is 11.0. The van der Waals surface area contributed by atoms with Crippen molar-refractivity contribution < 1.29 is 18.9 Å². The van der Waals surface area contributed by atoms with Crippen molar-refractivity contribution in [2.45, 2.75) is 0 Å². The Morgan fingerprint density at radius 2 is 1.43 bits per heavy atom. The molecule has 0 aliphatic heterocycles. The second kappa shape index (κ2) is 8.76. The molecule has 9 nitrogen and oxygen atoms in total. The molecule has 9 heteroatoms. The third-order valence-electron chi connectivity index (χ3n) is 3.84.